The number of rotatable bonds is 29. The number of alkyl halides is 3. The highest BCUT2D eigenvalue weighted by molar-refractivity contribution is 8.76. The van der Waals surface area contributed by atoms with Crippen LogP contribution in [-0.4, -0.2) is 282 Å². The standard InChI is InChI=1S/C64H107N25O19S2.C2HF3O2/c1-6-31(3)48-60(107)78-26-45(93)79-33(5)51(98)86-42(50(66)97)29-109-110-30-43(87-58(105)41(28-91)85-57(104)40(27-90)84-52(99)35(65)16-11-19-73-62(67)68)59(106)82-38(22-34-14-9-8-10-15-34)53(100)77-24-44(92)76-25-46(94)80-36(17-12-20-74-63(69)70)54(101)89-49(32(4)7-2)61(108)83-39(23-47(95)96)56(103)81-37(55(102)88-48)18-13-21-75-64(71)72;3-2(4,5)1(6)7/h8-10,14-15,31-33,35-43,48-49,90-91H,6-7,11-13,16-30,65H2,1-5H3,(H2,66,97)(H,76,92)(H,77,100)(H,78,107)(H,79,93)(H,80,94)(H,81,103)(H,82,106)(H,83,108)(H,84,99)(H,85,104)(H,86,98)(H,87,105)(H,88,102)(H,89,101)(H,95,96)(H4,67,68,73)(H4,69,70,74)(H4,71,72,75);(H,6,7)/t31-,32-,33-,35-,36-,37-,38-,39-,40-,41-,42-,43-,48-,49-;/m0./s1. The maximum Gasteiger partial charge on any atom is 0.490 e. The highest BCUT2D eigenvalue weighted by atomic mass is 33.1. The van der Waals surface area contributed by atoms with Gasteiger partial charge in [0.05, 0.1) is 45.3 Å². The van der Waals surface area contributed by atoms with Gasteiger partial charge < -0.3 is 141 Å². The van der Waals surface area contributed by atoms with Crippen molar-refractivity contribution < 1.29 is 115 Å². The van der Waals surface area contributed by atoms with Crippen LogP contribution in [0.5, 0.6) is 0 Å². The Kier molecular flexibility index (Phi) is 48.0. The third-order valence-corrected chi connectivity index (χ3v) is 19.2. The summed E-state index contributed by atoms with van der Waals surface area (Å²) < 4.78 is 31.7. The number of aliphatic carboxylic acids is 2. The molecule has 1 saturated heterocycles. The molecule has 0 bridgehead atoms. The van der Waals surface area contributed by atoms with Gasteiger partial charge in [0.15, 0.2) is 17.9 Å². The van der Waals surface area contributed by atoms with Gasteiger partial charge in [0, 0.05) is 37.6 Å². The summed E-state index contributed by atoms with van der Waals surface area (Å²) in [5.74, 6) is -23.3. The van der Waals surface area contributed by atoms with Gasteiger partial charge in [-0.3, -0.25) is 91.7 Å². The molecule has 14 atom stereocenters. The SMILES string of the molecule is CC[C@H](C)[C@@H]1NC(=O)[C@H](CCCN=C(N)N)NC(=O)[C@H](CC(=O)O)NC(=O)[C@H]([C@@H](C)CC)NC(=O)[C@H](CCCN=C(N)N)NC(=O)CNC(=O)CNC(=O)[C@H](Cc2ccccc2)NC(=O)[C@@H](NC(=O)[C@H](CO)NC(=O)[C@H](CO)NC(=O)[C@@H](N)CCCN=C(N)N)CSSC[C@@H](C(N)=O)NC(=O)[C@H](C)NC(=O)CNC1=O.O=C(O)C(F)(F)F. The fraction of sp³-hybridized carbons (Fsp3) is 0.606. The van der Waals surface area contributed by atoms with Crippen LogP contribution in [0.25, 0.3) is 0 Å². The number of hydrogen-bond acceptors (Lipinski definition) is 25. The van der Waals surface area contributed by atoms with E-state index in [1.807, 2.05) is 0 Å². The van der Waals surface area contributed by atoms with Crippen molar-refractivity contribution in [1.82, 2.24) is 74.4 Å². The Labute approximate surface area is 676 Å². The van der Waals surface area contributed by atoms with E-state index in [-0.39, 0.29) is 101 Å². The average Bonchev–Trinajstić information content (AvgIpc) is 0.852. The van der Waals surface area contributed by atoms with Crippen molar-refractivity contribution in [3.63, 3.8) is 0 Å². The van der Waals surface area contributed by atoms with Gasteiger partial charge in [0.2, 0.25) is 88.6 Å². The van der Waals surface area contributed by atoms with Gasteiger partial charge in [-0.2, -0.15) is 13.2 Å². The van der Waals surface area contributed by atoms with Gasteiger partial charge in [-0.25, -0.2) is 4.79 Å². The Hall–Kier alpha value is -11.6. The molecule has 1 aromatic rings. The monoisotopic (exact) mass is 1710 g/mol. The molecule has 51 heteroatoms. The number of aliphatic hydroxyl groups is 2. The molecule has 0 aromatic heterocycles. The summed E-state index contributed by atoms with van der Waals surface area (Å²) in [7, 11) is 1.60. The van der Waals surface area contributed by atoms with Crippen molar-refractivity contribution >= 4 is 140 Å². The van der Waals surface area contributed by atoms with Gasteiger partial charge in [0.1, 0.15) is 66.5 Å². The molecular formula is C66H108F3N25O21S2. The predicted octanol–water partition coefficient (Wildman–Crippen LogP) is -10.5. The normalized spacial score (nSPS) is 21.9. The van der Waals surface area contributed by atoms with Crippen LogP contribution in [0.3, 0.4) is 0 Å². The van der Waals surface area contributed by atoms with Gasteiger partial charge >= 0.3 is 18.1 Å². The molecule has 1 aliphatic rings. The molecule has 0 saturated carbocycles. The first-order valence-corrected chi connectivity index (χ1v) is 38.8. The van der Waals surface area contributed by atoms with Crippen LogP contribution < -0.4 is 120 Å². The molecule has 656 valence electrons. The Morgan fingerprint density at radius 1 is 0.530 bits per heavy atom. The van der Waals surface area contributed by atoms with Crippen molar-refractivity contribution in [1.29, 1.82) is 0 Å². The van der Waals surface area contributed by atoms with Crippen molar-refractivity contribution in [2.24, 2.45) is 72.7 Å². The lowest BCUT2D eigenvalue weighted by Crippen LogP contribution is -2.61. The summed E-state index contributed by atoms with van der Waals surface area (Å²) in [6.07, 6.45) is -6.23. The lowest BCUT2D eigenvalue weighted by Gasteiger charge is -2.29. The van der Waals surface area contributed by atoms with Crippen molar-refractivity contribution in [2.75, 3.05) is 64.0 Å². The lowest BCUT2D eigenvalue weighted by molar-refractivity contribution is -0.192. The number of amides is 15. The molecule has 15 amide bonds. The van der Waals surface area contributed by atoms with Crippen LogP contribution in [0.15, 0.2) is 45.3 Å². The number of guanidine groups is 3. The quantitative estimate of drug-likeness (QED) is 0.0153. The van der Waals surface area contributed by atoms with E-state index in [9.17, 15) is 105 Å². The van der Waals surface area contributed by atoms with E-state index in [1.54, 1.807) is 51.1 Å². The zero-order valence-corrected chi connectivity index (χ0v) is 66.4. The third kappa shape index (κ3) is 42.0. The minimum Gasteiger partial charge on any atom is -0.481 e. The summed E-state index contributed by atoms with van der Waals surface area (Å²) in [4.78, 5) is 240. The summed E-state index contributed by atoms with van der Waals surface area (Å²) in [6, 6.07) is -11.2. The summed E-state index contributed by atoms with van der Waals surface area (Å²) in [6.45, 7) is 2.88. The number of carboxylic acid groups (broad SMARTS) is 2. The third-order valence-electron chi connectivity index (χ3n) is 16.8. The number of carbonyl (C=O) groups excluding carboxylic acids is 15. The molecule has 1 fully saturated rings. The molecule has 1 heterocycles. The van der Waals surface area contributed by atoms with Gasteiger partial charge in [-0.1, -0.05) is 92.5 Å². The molecule has 2 rings (SSSR count). The molecule has 1 aromatic carbocycles. The molecule has 0 unspecified atom stereocenters. The zero-order chi connectivity index (χ0) is 88.8. The number of aliphatic hydroxyl groups excluding tert-OH is 2. The Morgan fingerprint density at radius 3 is 1.48 bits per heavy atom. The first-order chi connectivity index (χ1) is 54.9. The second kappa shape index (κ2) is 54.3. The Bertz CT molecular complexity index is 3640. The Morgan fingerprint density at radius 2 is 0.974 bits per heavy atom. The topological polar surface area (TPSA) is 785 Å². The van der Waals surface area contributed by atoms with E-state index in [0.717, 1.165) is 21.6 Å². The number of halogens is 3. The van der Waals surface area contributed by atoms with E-state index >= 15 is 0 Å². The van der Waals surface area contributed by atoms with Crippen LogP contribution in [0, 0.1) is 11.8 Å². The largest absolute Gasteiger partial charge is 0.490 e. The van der Waals surface area contributed by atoms with Crippen LogP contribution in [0.4, 0.5) is 13.2 Å². The molecule has 0 radical (unpaired) electrons. The fourth-order valence-electron chi connectivity index (χ4n) is 9.89. The van der Waals surface area contributed by atoms with Crippen LogP contribution in [-0.2, 0) is 87.9 Å². The van der Waals surface area contributed by atoms with Gasteiger partial charge in [-0.15, -0.1) is 0 Å². The number of primary amides is 1. The van der Waals surface area contributed by atoms with Gasteiger partial charge in [-0.05, 0) is 62.8 Å². The van der Waals surface area contributed by atoms with E-state index in [1.165, 1.54) is 13.8 Å². The lowest BCUT2D eigenvalue weighted by atomic mass is 9.96. The summed E-state index contributed by atoms with van der Waals surface area (Å²) in [5.41, 5.74) is 44.8. The molecule has 1 aliphatic heterocycles. The molecule has 34 N–H and O–H groups in total. The highest BCUT2D eigenvalue weighted by Gasteiger charge is 2.40. The van der Waals surface area contributed by atoms with E-state index in [0.29, 0.717) is 5.56 Å². The molecule has 0 aliphatic carbocycles. The average molecular weight is 1710 g/mol. The molecule has 117 heavy (non-hydrogen) atoms. The Balaban J connectivity index is 0.00000931. The number of nitrogens with two attached hydrogens (primary N) is 8. The molecule has 0 spiro atoms. The second-order valence-corrected chi connectivity index (χ2v) is 28.7. The summed E-state index contributed by atoms with van der Waals surface area (Å²) >= 11 is 0. The first kappa shape index (κ1) is 103. The van der Waals surface area contributed by atoms with E-state index in [4.69, 9.17) is 55.8 Å². The van der Waals surface area contributed by atoms with E-state index in [2.05, 4.69) is 89.4 Å². The number of hydrogen-bond donors (Lipinski definition) is 26. The van der Waals surface area contributed by atoms with Crippen molar-refractivity contribution in [3.8, 4) is 0 Å². The maximum absolute atomic E-state index is 14.6. The number of benzene rings is 1. The zero-order valence-electron chi connectivity index (χ0n) is 64.8. The number of carboxylic acids is 2. The minimum absolute atomic E-state index is 0.00703. The van der Waals surface area contributed by atoms with Crippen LogP contribution in [0.2, 0.25) is 0 Å². The smallest absolute Gasteiger partial charge is 0.481 e. The maximum atomic E-state index is 14.6. The van der Waals surface area contributed by atoms with Gasteiger partial charge in [0.25, 0.3) is 0 Å². The fourth-order valence-corrected chi connectivity index (χ4v) is 12.2. The second-order valence-electron chi connectivity index (χ2n) is 26.2. The number of aliphatic imine (C=N–C) groups is 3. The summed E-state index contributed by atoms with van der Waals surface area (Å²) in [5, 5.41) is 71.2. The van der Waals surface area contributed by atoms with Crippen LogP contribution in [0.1, 0.15) is 98.0 Å². The number of nitrogens with zero attached hydrogens (tertiary/aromatic N) is 3. The van der Waals surface area contributed by atoms with Crippen molar-refractivity contribution in [2.45, 2.75) is 178 Å². The highest BCUT2D eigenvalue weighted by Crippen LogP contribution is 2.24. The minimum atomic E-state index is -5.08. The molecular weight excluding hydrogens is 1600 g/mol. The first-order valence-electron chi connectivity index (χ1n) is 36.3. The predicted molar refractivity (Wildman–Crippen MR) is 417 cm³/mol. The number of carbonyl (C=O) groups is 17. The van der Waals surface area contributed by atoms with Crippen molar-refractivity contribution in [3.05, 3.63) is 35.9 Å². The molecule has 46 nitrogen and oxygen atoms in total. The van der Waals surface area contributed by atoms with Crippen LogP contribution >= 0.6 is 21.6 Å². The van der Waals surface area contributed by atoms with E-state index < -0.39 is 236 Å². The number of nitrogens with one attached hydrogen (secondary N) is 14.